The van der Waals surface area contributed by atoms with Gasteiger partial charge in [-0.25, -0.2) is 0 Å². The van der Waals surface area contributed by atoms with Gasteiger partial charge in [-0.15, -0.1) is 0 Å². The van der Waals surface area contributed by atoms with Crippen LogP contribution < -0.4 is 0 Å². The molecule has 18 heavy (non-hydrogen) atoms. The Morgan fingerprint density at radius 1 is 1.28 bits per heavy atom. The van der Waals surface area contributed by atoms with Crippen LogP contribution in [0, 0.1) is 17.8 Å². The molecule has 1 heterocycles. The van der Waals surface area contributed by atoms with Crippen molar-refractivity contribution in [3.8, 4) is 0 Å². The van der Waals surface area contributed by atoms with E-state index in [-0.39, 0.29) is 23.7 Å². The van der Waals surface area contributed by atoms with E-state index >= 15 is 0 Å². The number of carboxylic acids is 1. The molecule has 0 bridgehead atoms. The molecule has 1 aliphatic carbocycles. The maximum absolute atomic E-state index is 12.0. The van der Waals surface area contributed by atoms with E-state index in [1.165, 1.54) is 7.11 Å². The molecule has 2 aliphatic rings. The second kappa shape index (κ2) is 4.96. The largest absolute Gasteiger partial charge is 0.481 e. The number of hydrogen-bond acceptors (Lipinski definition) is 4. The van der Waals surface area contributed by atoms with Crippen molar-refractivity contribution in [1.82, 2.24) is 4.90 Å². The SMILES string of the molecule is COC(=O)C1CCCN(C(=O)[C@@H]2C[C@@H]2C(=O)O)C1. The van der Waals surface area contributed by atoms with E-state index in [0.29, 0.717) is 19.5 Å². The van der Waals surface area contributed by atoms with Crippen molar-refractivity contribution in [2.75, 3.05) is 20.2 Å². The van der Waals surface area contributed by atoms with E-state index in [1.54, 1.807) is 4.90 Å². The molecule has 0 aromatic heterocycles. The molecule has 0 aromatic carbocycles. The molecule has 1 amide bonds. The highest BCUT2D eigenvalue weighted by Gasteiger charge is 2.50. The maximum Gasteiger partial charge on any atom is 0.310 e. The third-order valence-corrected chi connectivity index (χ3v) is 3.69. The number of likely N-dealkylation sites (tertiary alicyclic amines) is 1. The standard InChI is InChI=1S/C12H17NO5/c1-18-12(17)7-3-2-4-13(6-7)10(14)8-5-9(8)11(15)16/h7-9H,2-6H2,1H3,(H,15,16)/t7?,8-,9+/m1/s1. The van der Waals surface area contributed by atoms with Crippen molar-refractivity contribution in [3.63, 3.8) is 0 Å². The Morgan fingerprint density at radius 2 is 2.00 bits per heavy atom. The number of rotatable bonds is 3. The van der Waals surface area contributed by atoms with Crippen molar-refractivity contribution in [1.29, 1.82) is 0 Å². The van der Waals surface area contributed by atoms with Crippen LogP contribution in [0.5, 0.6) is 0 Å². The summed E-state index contributed by atoms with van der Waals surface area (Å²) in [6.07, 6.45) is 1.91. The summed E-state index contributed by atoms with van der Waals surface area (Å²) in [7, 11) is 1.34. The molecule has 1 N–H and O–H groups in total. The van der Waals surface area contributed by atoms with Crippen LogP contribution >= 0.6 is 0 Å². The quantitative estimate of drug-likeness (QED) is 0.724. The first kappa shape index (κ1) is 12.9. The summed E-state index contributed by atoms with van der Waals surface area (Å²) in [6.45, 7) is 0.962. The van der Waals surface area contributed by atoms with Crippen LogP contribution in [0.25, 0.3) is 0 Å². The summed E-state index contributed by atoms with van der Waals surface area (Å²) in [5.41, 5.74) is 0. The summed E-state index contributed by atoms with van der Waals surface area (Å²) < 4.78 is 4.68. The zero-order chi connectivity index (χ0) is 13.3. The Morgan fingerprint density at radius 3 is 2.56 bits per heavy atom. The van der Waals surface area contributed by atoms with Crippen LogP contribution in [0.3, 0.4) is 0 Å². The molecule has 100 valence electrons. The van der Waals surface area contributed by atoms with Gasteiger partial charge in [0.05, 0.1) is 24.9 Å². The van der Waals surface area contributed by atoms with Crippen molar-refractivity contribution in [2.24, 2.45) is 17.8 Å². The smallest absolute Gasteiger partial charge is 0.310 e. The predicted molar refractivity (Wildman–Crippen MR) is 60.6 cm³/mol. The number of amides is 1. The lowest BCUT2D eigenvalue weighted by atomic mass is 9.98. The Kier molecular flexibility index (Phi) is 3.54. The van der Waals surface area contributed by atoms with Crippen LogP contribution in [0.1, 0.15) is 19.3 Å². The highest BCUT2D eigenvalue weighted by Crippen LogP contribution is 2.40. The van der Waals surface area contributed by atoms with Crippen LogP contribution in [-0.2, 0) is 19.1 Å². The lowest BCUT2D eigenvalue weighted by Gasteiger charge is -2.31. The molecule has 6 nitrogen and oxygen atoms in total. The molecule has 2 fully saturated rings. The minimum absolute atomic E-state index is 0.129. The first-order valence-electron chi connectivity index (χ1n) is 6.14. The first-order valence-corrected chi connectivity index (χ1v) is 6.14. The molecular formula is C12H17NO5. The topological polar surface area (TPSA) is 83.9 Å². The fourth-order valence-electron chi connectivity index (χ4n) is 2.51. The molecule has 1 saturated heterocycles. The van der Waals surface area contributed by atoms with Crippen molar-refractivity contribution in [2.45, 2.75) is 19.3 Å². The normalized spacial score (nSPS) is 30.7. The van der Waals surface area contributed by atoms with E-state index in [1.807, 2.05) is 0 Å². The second-order valence-corrected chi connectivity index (χ2v) is 4.93. The second-order valence-electron chi connectivity index (χ2n) is 4.93. The molecule has 1 aliphatic heterocycles. The predicted octanol–water partition coefficient (Wildman–Crippen LogP) is 0.119. The van der Waals surface area contributed by atoms with Gasteiger partial charge in [-0.1, -0.05) is 0 Å². The zero-order valence-electron chi connectivity index (χ0n) is 10.3. The minimum atomic E-state index is -0.908. The van der Waals surface area contributed by atoms with E-state index in [4.69, 9.17) is 5.11 Å². The van der Waals surface area contributed by atoms with Gasteiger partial charge in [0, 0.05) is 13.1 Å². The molecule has 2 rings (SSSR count). The van der Waals surface area contributed by atoms with Crippen LogP contribution in [0.2, 0.25) is 0 Å². The fourth-order valence-corrected chi connectivity index (χ4v) is 2.51. The van der Waals surface area contributed by atoms with Crippen LogP contribution in [-0.4, -0.2) is 48.1 Å². The van der Waals surface area contributed by atoms with Gasteiger partial charge in [-0.2, -0.15) is 0 Å². The highest BCUT2D eigenvalue weighted by atomic mass is 16.5. The van der Waals surface area contributed by atoms with Gasteiger partial charge < -0.3 is 14.7 Å². The minimum Gasteiger partial charge on any atom is -0.481 e. The van der Waals surface area contributed by atoms with E-state index in [2.05, 4.69) is 4.74 Å². The molecule has 1 unspecified atom stereocenters. The third-order valence-electron chi connectivity index (χ3n) is 3.69. The van der Waals surface area contributed by atoms with E-state index in [0.717, 1.165) is 12.8 Å². The number of piperidine rings is 1. The zero-order valence-corrected chi connectivity index (χ0v) is 10.3. The number of carbonyl (C=O) groups excluding carboxylic acids is 2. The fraction of sp³-hybridized carbons (Fsp3) is 0.750. The third kappa shape index (κ3) is 2.47. The van der Waals surface area contributed by atoms with Crippen LogP contribution in [0.15, 0.2) is 0 Å². The lowest BCUT2D eigenvalue weighted by molar-refractivity contribution is -0.150. The molecule has 0 radical (unpaired) electrons. The van der Waals surface area contributed by atoms with Gasteiger partial charge in [0.1, 0.15) is 0 Å². The summed E-state index contributed by atoms with van der Waals surface area (Å²) in [6, 6.07) is 0. The number of carbonyl (C=O) groups is 3. The number of ether oxygens (including phenoxy) is 1. The van der Waals surface area contributed by atoms with Crippen molar-refractivity contribution < 1.29 is 24.2 Å². The number of nitrogens with zero attached hydrogens (tertiary/aromatic N) is 1. The van der Waals surface area contributed by atoms with Gasteiger partial charge in [0.25, 0.3) is 0 Å². The molecule has 1 saturated carbocycles. The summed E-state index contributed by atoms with van der Waals surface area (Å²) in [5, 5.41) is 8.80. The number of hydrogen-bond donors (Lipinski definition) is 1. The highest BCUT2D eigenvalue weighted by molar-refractivity contribution is 5.89. The van der Waals surface area contributed by atoms with Crippen molar-refractivity contribution in [3.05, 3.63) is 0 Å². The first-order chi connectivity index (χ1) is 8.54. The van der Waals surface area contributed by atoms with E-state index in [9.17, 15) is 14.4 Å². The van der Waals surface area contributed by atoms with Crippen molar-refractivity contribution >= 4 is 17.8 Å². The van der Waals surface area contributed by atoms with Gasteiger partial charge >= 0.3 is 11.9 Å². The Bertz CT molecular complexity index is 381. The molecule has 0 aromatic rings. The lowest BCUT2D eigenvalue weighted by Crippen LogP contribution is -2.43. The van der Waals surface area contributed by atoms with Gasteiger partial charge in [0.15, 0.2) is 0 Å². The number of esters is 1. The molecule has 3 atom stereocenters. The average Bonchev–Trinajstić information content (AvgIpc) is 3.17. The molecule has 0 spiro atoms. The average molecular weight is 255 g/mol. The Labute approximate surface area is 105 Å². The van der Waals surface area contributed by atoms with Gasteiger partial charge in [0.2, 0.25) is 5.91 Å². The summed E-state index contributed by atoms with van der Waals surface area (Å²) in [4.78, 5) is 35.8. The van der Waals surface area contributed by atoms with Gasteiger partial charge in [-0.3, -0.25) is 14.4 Å². The number of carboxylic acid groups (broad SMARTS) is 1. The monoisotopic (exact) mass is 255 g/mol. The Hall–Kier alpha value is -1.59. The molecular weight excluding hydrogens is 238 g/mol. The van der Waals surface area contributed by atoms with Crippen LogP contribution in [0.4, 0.5) is 0 Å². The number of aliphatic carboxylic acids is 1. The Balaban J connectivity index is 1.91. The summed E-state index contributed by atoms with van der Waals surface area (Å²) >= 11 is 0. The maximum atomic E-state index is 12.0. The van der Waals surface area contributed by atoms with Gasteiger partial charge in [-0.05, 0) is 19.3 Å². The summed E-state index contributed by atoms with van der Waals surface area (Å²) in [5.74, 6) is -2.52. The van der Waals surface area contributed by atoms with E-state index < -0.39 is 11.9 Å². The molecule has 6 heteroatoms. The number of methoxy groups -OCH3 is 1.